The average Bonchev–Trinajstić information content (AvgIpc) is 2.41. The SMILES string of the molecule is CCOC(CCNc1ccccc1COC)OCC. The molecule has 0 spiro atoms. The molecular formula is C15H25NO3. The second-order valence-electron chi connectivity index (χ2n) is 4.15. The van der Waals surface area contributed by atoms with Gasteiger partial charge in [0.2, 0.25) is 0 Å². The van der Waals surface area contributed by atoms with E-state index in [1.165, 1.54) is 0 Å². The fraction of sp³-hybridized carbons (Fsp3) is 0.600. The number of nitrogens with one attached hydrogen (secondary N) is 1. The zero-order chi connectivity index (χ0) is 13.9. The molecule has 0 saturated carbocycles. The van der Waals surface area contributed by atoms with E-state index in [0.29, 0.717) is 19.8 Å². The Hall–Kier alpha value is -1.10. The quantitative estimate of drug-likeness (QED) is 0.661. The number of anilines is 1. The highest BCUT2D eigenvalue weighted by Crippen LogP contribution is 2.16. The molecule has 0 bridgehead atoms. The van der Waals surface area contributed by atoms with E-state index in [9.17, 15) is 0 Å². The molecule has 0 aliphatic carbocycles. The molecule has 1 N–H and O–H groups in total. The van der Waals surface area contributed by atoms with E-state index in [-0.39, 0.29) is 6.29 Å². The largest absolute Gasteiger partial charge is 0.385 e. The average molecular weight is 267 g/mol. The number of methoxy groups -OCH3 is 1. The highest BCUT2D eigenvalue weighted by atomic mass is 16.7. The molecule has 0 aliphatic rings. The molecule has 108 valence electrons. The zero-order valence-electron chi connectivity index (χ0n) is 12.1. The van der Waals surface area contributed by atoms with E-state index < -0.39 is 0 Å². The van der Waals surface area contributed by atoms with E-state index in [2.05, 4.69) is 17.4 Å². The van der Waals surface area contributed by atoms with Crippen molar-refractivity contribution in [1.82, 2.24) is 0 Å². The summed E-state index contributed by atoms with van der Waals surface area (Å²) in [5.41, 5.74) is 2.27. The van der Waals surface area contributed by atoms with Gasteiger partial charge in [0.1, 0.15) is 0 Å². The summed E-state index contributed by atoms with van der Waals surface area (Å²) in [7, 11) is 1.71. The van der Waals surface area contributed by atoms with E-state index >= 15 is 0 Å². The van der Waals surface area contributed by atoms with Gasteiger partial charge in [-0.1, -0.05) is 18.2 Å². The Morgan fingerprint density at radius 3 is 2.42 bits per heavy atom. The highest BCUT2D eigenvalue weighted by molar-refractivity contribution is 5.50. The molecule has 0 heterocycles. The summed E-state index contributed by atoms with van der Waals surface area (Å²) >= 11 is 0. The van der Waals surface area contributed by atoms with E-state index in [0.717, 1.165) is 24.2 Å². The van der Waals surface area contributed by atoms with Crippen molar-refractivity contribution in [2.75, 3.05) is 32.2 Å². The van der Waals surface area contributed by atoms with Crippen molar-refractivity contribution in [2.24, 2.45) is 0 Å². The number of hydrogen-bond donors (Lipinski definition) is 1. The van der Waals surface area contributed by atoms with Gasteiger partial charge >= 0.3 is 0 Å². The van der Waals surface area contributed by atoms with Gasteiger partial charge in [0.05, 0.1) is 6.61 Å². The number of rotatable bonds is 10. The van der Waals surface area contributed by atoms with Crippen LogP contribution in [0.15, 0.2) is 24.3 Å². The molecule has 0 amide bonds. The summed E-state index contributed by atoms with van der Waals surface area (Å²) in [6, 6.07) is 8.16. The van der Waals surface area contributed by atoms with Crippen LogP contribution in [0.4, 0.5) is 5.69 Å². The first-order valence-electron chi connectivity index (χ1n) is 6.85. The maximum absolute atomic E-state index is 5.51. The predicted octanol–water partition coefficient (Wildman–Crippen LogP) is 3.03. The van der Waals surface area contributed by atoms with Gasteiger partial charge in [-0.05, 0) is 19.9 Å². The van der Waals surface area contributed by atoms with Crippen molar-refractivity contribution in [3.63, 3.8) is 0 Å². The van der Waals surface area contributed by atoms with Gasteiger partial charge < -0.3 is 19.5 Å². The fourth-order valence-corrected chi connectivity index (χ4v) is 1.89. The van der Waals surface area contributed by atoms with Crippen LogP contribution in [0.5, 0.6) is 0 Å². The van der Waals surface area contributed by atoms with Crippen LogP contribution in [0.25, 0.3) is 0 Å². The first-order chi connectivity index (χ1) is 9.31. The van der Waals surface area contributed by atoms with Crippen LogP contribution >= 0.6 is 0 Å². The van der Waals surface area contributed by atoms with Crippen molar-refractivity contribution >= 4 is 5.69 Å². The van der Waals surface area contributed by atoms with Gasteiger partial charge in [-0.15, -0.1) is 0 Å². The monoisotopic (exact) mass is 267 g/mol. The third-order valence-electron chi connectivity index (χ3n) is 2.72. The summed E-state index contributed by atoms with van der Waals surface area (Å²) in [5.74, 6) is 0. The molecule has 1 aromatic rings. The minimum absolute atomic E-state index is 0.128. The Bertz CT molecular complexity index is 338. The van der Waals surface area contributed by atoms with Gasteiger partial charge in [-0.25, -0.2) is 0 Å². The lowest BCUT2D eigenvalue weighted by atomic mass is 10.2. The van der Waals surface area contributed by atoms with Crippen LogP contribution in [0, 0.1) is 0 Å². The normalized spacial score (nSPS) is 10.9. The Morgan fingerprint density at radius 2 is 1.79 bits per heavy atom. The minimum Gasteiger partial charge on any atom is -0.385 e. The molecule has 4 heteroatoms. The molecular weight excluding hydrogens is 242 g/mol. The number of para-hydroxylation sites is 1. The third kappa shape index (κ3) is 6.05. The summed E-state index contributed by atoms with van der Waals surface area (Å²) in [4.78, 5) is 0. The number of ether oxygens (including phenoxy) is 3. The Morgan fingerprint density at radius 1 is 1.11 bits per heavy atom. The van der Waals surface area contributed by atoms with Crippen molar-refractivity contribution in [3.05, 3.63) is 29.8 Å². The first-order valence-corrected chi connectivity index (χ1v) is 6.85. The molecule has 0 atom stereocenters. The topological polar surface area (TPSA) is 39.7 Å². The smallest absolute Gasteiger partial charge is 0.159 e. The van der Waals surface area contributed by atoms with Crippen molar-refractivity contribution in [2.45, 2.75) is 33.2 Å². The lowest BCUT2D eigenvalue weighted by Gasteiger charge is -2.18. The molecule has 0 aromatic heterocycles. The molecule has 0 unspecified atom stereocenters. The lowest BCUT2D eigenvalue weighted by Crippen LogP contribution is -2.21. The van der Waals surface area contributed by atoms with Gasteiger partial charge in [0.25, 0.3) is 0 Å². The first kappa shape index (κ1) is 16.0. The standard InChI is InChI=1S/C15H25NO3/c1-4-18-15(19-5-2)10-11-16-14-9-7-6-8-13(14)12-17-3/h6-9,15-16H,4-5,10-12H2,1-3H3. The van der Waals surface area contributed by atoms with Crippen LogP contribution in [-0.2, 0) is 20.8 Å². The Labute approximate surface area is 116 Å². The molecule has 1 rings (SSSR count). The van der Waals surface area contributed by atoms with Crippen LogP contribution < -0.4 is 5.32 Å². The molecule has 1 aromatic carbocycles. The highest BCUT2D eigenvalue weighted by Gasteiger charge is 2.08. The summed E-state index contributed by atoms with van der Waals surface area (Å²) < 4.78 is 16.2. The third-order valence-corrected chi connectivity index (χ3v) is 2.72. The van der Waals surface area contributed by atoms with Crippen LogP contribution in [0.3, 0.4) is 0 Å². The van der Waals surface area contributed by atoms with Crippen LogP contribution in [-0.4, -0.2) is 33.2 Å². The van der Waals surface area contributed by atoms with E-state index in [1.54, 1.807) is 7.11 Å². The molecule has 0 radical (unpaired) electrons. The maximum atomic E-state index is 5.51. The second-order valence-corrected chi connectivity index (χ2v) is 4.15. The van der Waals surface area contributed by atoms with Crippen molar-refractivity contribution < 1.29 is 14.2 Å². The lowest BCUT2D eigenvalue weighted by molar-refractivity contribution is -0.137. The molecule has 19 heavy (non-hydrogen) atoms. The van der Waals surface area contributed by atoms with Gasteiger partial charge in [-0.2, -0.15) is 0 Å². The number of benzene rings is 1. The molecule has 0 fully saturated rings. The van der Waals surface area contributed by atoms with E-state index in [1.807, 2.05) is 26.0 Å². The van der Waals surface area contributed by atoms with Gasteiger partial charge in [0, 0.05) is 44.5 Å². The molecule has 0 aliphatic heterocycles. The summed E-state index contributed by atoms with van der Waals surface area (Å²) in [6.07, 6.45) is 0.695. The summed E-state index contributed by atoms with van der Waals surface area (Å²) in [6.45, 7) is 6.73. The van der Waals surface area contributed by atoms with Gasteiger partial charge in [-0.3, -0.25) is 0 Å². The second kappa shape index (κ2) is 9.78. The fourth-order valence-electron chi connectivity index (χ4n) is 1.89. The Kier molecular flexibility index (Phi) is 8.21. The van der Waals surface area contributed by atoms with Gasteiger partial charge in [0.15, 0.2) is 6.29 Å². The summed E-state index contributed by atoms with van der Waals surface area (Å²) in [5, 5.41) is 3.41. The molecule has 4 nitrogen and oxygen atoms in total. The predicted molar refractivity (Wildman–Crippen MR) is 77.3 cm³/mol. The van der Waals surface area contributed by atoms with Crippen LogP contribution in [0.2, 0.25) is 0 Å². The van der Waals surface area contributed by atoms with Crippen molar-refractivity contribution in [3.8, 4) is 0 Å². The van der Waals surface area contributed by atoms with Crippen LogP contribution in [0.1, 0.15) is 25.8 Å². The molecule has 0 saturated heterocycles. The number of hydrogen-bond acceptors (Lipinski definition) is 4. The Balaban J connectivity index is 2.42. The minimum atomic E-state index is -0.128. The maximum Gasteiger partial charge on any atom is 0.159 e. The zero-order valence-corrected chi connectivity index (χ0v) is 12.1. The van der Waals surface area contributed by atoms with Crippen molar-refractivity contribution in [1.29, 1.82) is 0 Å². The van der Waals surface area contributed by atoms with E-state index in [4.69, 9.17) is 14.2 Å².